The Bertz CT molecular complexity index is 1890. The van der Waals surface area contributed by atoms with Gasteiger partial charge in [-0.25, -0.2) is 9.59 Å². The number of methoxy groups -OCH3 is 2. The van der Waals surface area contributed by atoms with Crippen LogP contribution in [0.2, 0.25) is 0 Å². The number of hydrogen-bond donors (Lipinski definition) is 2. The van der Waals surface area contributed by atoms with Crippen LogP contribution in [0.1, 0.15) is 73.1 Å². The van der Waals surface area contributed by atoms with Gasteiger partial charge in [0.15, 0.2) is 0 Å². The van der Waals surface area contributed by atoms with Crippen LogP contribution in [-0.2, 0) is 9.59 Å². The molecule has 0 saturated carbocycles. The van der Waals surface area contributed by atoms with Crippen molar-refractivity contribution in [1.29, 1.82) is 0 Å². The van der Waals surface area contributed by atoms with Gasteiger partial charge in [0, 0.05) is 49.5 Å². The maximum Gasteiger partial charge on any atom is 0.358 e. The summed E-state index contributed by atoms with van der Waals surface area (Å²) >= 11 is 0. The quantitative estimate of drug-likeness (QED) is 0.150. The van der Waals surface area contributed by atoms with E-state index in [1.54, 1.807) is 0 Å². The summed E-state index contributed by atoms with van der Waals surface area (Å²) in [5, 5.41) is 22.1. The van der Waals surface area contributed by atoms with Gasteiger partial charge in [0.05, 0.1) is 25.3 Å². The van der Waals surface area contributed by atoms with Crippen molar-refractivity contribution >= 4 is 45.8 Å². The van der Waals surface area contributed by atoms with E-state index in [4.69, 9.17) is 19.1 Å². The molecule has 0 bridgehead atoms. The van der Waals surface area contributed by atoms with E-state index in [9.17, 15) is 19.2 Å². The molecule has 2 amide bonds. The van der Waals surface area contributed by atoms with Crippen LogP contribution in [0.3, 0.4) is 0 Å². The Morgan fingerprint density at radius 1 is 0.691 bits per heavy atom. The Balaban J connectivity index is 0.00000580. The molecule has 0 spiro atoms. The fourth-order valence-corrected chi connectivity index (χ4v) is 6.83. The lowest BCUT2D eigenvalue weighted by Crippen LogP contribution is -2.42. The molecule has 4 aromatic rings. The summed E-state index contributed by atoms with van der Waals surface area (Å²) in [6, 6.07) is 6.03. The van der Waals surface area contributed by atoms with E-state index >= 15 is 0 Å². The first kappa shape index (κ1) is 40.5. The molecular weight excluding hydrogens is 716 g/mol. The third-order valence-electron chi connectivity index (χ3n) is 9.75. The highest BCUT2D eigenvalue weighted by Crippen LogP contribution is 2.27. The van der Waals surface area contributed by atoms with Crippen molar-refractivity contribution in [1.82, 2.24) is 50.7 Å². The van der Waals surface area contributed by atoms with E-state index in [1.807, 2.05) is 0 Å². The first-order chi connectivity index (χ1) is 26.2. The largest absolute Gasteiger partial charge is 0.496 e. The summed E-state index contributed by atoms with van der Waals surface area (Å²) in [7, 11) is 2.86. The minimum absolute atomic E-state index is 0. The number of aromatic nitrogens is 6. The Hall–Kier alpha value is -5.66. The summed E-state index contributed by atoms with van der Waals surface area (Å²) in [5.41, 5.74) is 1.63. The number of hydrogen-bond acceptors (Lipinski definition) is 14. The van der Waals surface area contributed by atoms with E-state index in [2.05, 4.69) is 54.9 Å². The highest BCUT2D eigenvalue weighted by molar-refractivity contribution is 6.01. The average Bonchev–Trinajstić information content (AvgIpc) is 3.55. The number of fused-ring (bicyclic) bond motifs is 2. The molecule has 0 radical (unpaired) electrons. The number of carbonyl (C=O) groups excluding carboxylic acids is 4. The second-order valence-corrected chi connectivity index (χ2v) is 13.3. The number of carbonyl (C=O) groups is 4. The van der Waals surface area contributed by atoms with Gasteiger partial charge in [-0.1, -0.05) is 36.4 Å². The van der Waals surface area contributed by atoms with E-state index in [1.165, 1.54) is 38.5 Å². The normalized spacial score (nSPS) is 18.3. The van der Waals surface area contributed by atoms with Crippen LogP contribution in [-0.4, -0.2) is 135 Å². The second kappa shape index (κ2) is 18.6. The minimum Gasteiger partial charge on any atom is -0.496 e. The Labute approximate surface area is 317 Å². The zero-order valence-electron chi connectivity index (χ0n) is 31.4. The lowest BCUT2D eigenvalue weighted by molar-refractivity contribution is -0.142. The van der Waals surface area contributed by atoms with Gasteiger partial charge >= 0.3 is 11.9 Å². The van der Waals surface area contributed by atoms with Crippen LogP contribution in [0, 0.1) is 0 Å². The van der Waals surface area contributed by atoms with Gasteiger partial charge in [0.1, 0.15) is 33.6 Å². The zero-order chi connectivity index (χ0) is 38.2. The molecule has 19 nitrogen and oxygen atoms in total. The molecule has 19 heteroatoms. The van der Waals surface area contributed by atoms with E-state index in [-0.39, 0.29) is 74.1 Å². The summed E-state index contributed by atoms with van der Waals surface area (Å²) < 4.78 is 11.0. The van der Waals surface area contributed by atoms with Gasteiger partial charge in [-0.3, -0.25) is 9.59 Å². The smallest absolute Gasteiger partial charge is 0.358 e. The van der Waals surface area contributed by atoms with Crippen LogP contribution in [0.25, 0.3) is 22.1 Å². The lowest BCUT2D eigenvalue weighted by atomic mass is 10.1. The fourth-order valence-electron chi connectivity index (χ4n) is 6.83. The molecule has 4 N–H and O–H groups in total. The third kappa shape index (κ3) is 9.72. The maximum absolute atomic E-state index is 13.3. The highest BCUT2D eigenvalue weighted by Gasteiger charge is 2.25. The van der Waals surface area contributed by atoms with E-state index in [0.717, 1.165) is 99.6 Å². The summed E-state index contributed by atoms with van der Waals surface area (Å²) in [4.78, 5) is 68.9. The molecule has 2 aliphatic heterocycles. The second-order valence-electron chi connectivity index (χ2n) is 13.3. The summed E-state index contributed by atoms with van der Waals surface area (Å²) in [6.07, 6.45) is 7.67. The number of likely N-dealkylation sites (N-methyl/N-ethyl adjacent to an activating group) is 2. The van der Waals surface area contributed by atoms with Crippen molar-refractivity contribution in [3.8, 4) is 11.5 Å². The molecule has 2 atom stereocenters. The molecular formula is C36H48N10O9. The zero-order valence-corrected chi connectivity index (χ0v) is 31.4. The number of benzene rings is 2. The van der Waals surface area contributed by atoms with Gasteiger partial charge in [-0.15, -0.1) is 10.2 Å². The number of nitrogens with zero attached hydrogens (tertiary/aromatic N) is 8. The first-order valence-corrected chi connectivity index (χ1v) is 18.3. The highest BCUT2D eigenvalue weighted by atomic mass is 16.7. The molecule has 2 aromatic heterocycles. The van der Waals surface area contributed by atoms with Crippen LogP contribution in [0.15, 0.2) is 36.4 Å². The third-order valence-corrected chi connectivity index (χ3v) is 9.75. The maximum atomic E-state index is 13.3. The number of nitrogens with one attached hydrogen (secondary N) is 2. The average molecular weight is 765 g/mol. The van der Waals surface area contributed by atoms with Gasteiger partial charge in [-0.2, -0.15) is 0 Å². The molecule has 2 aromatic carbocycles. The molecule has 2 unspecified atom stereocenters. The van der Waals surface area contributed by atoms with Crippen molar-refractivity contribution in [2.75, 3.05) is 53.5 Å². The van der Waals surface area contributed by atoms with E-state index < -0.39 is 11.9 Å². The van der Waals surface area contributed by atoms with Crippen LogP contribution >= 0.6 is 0 Å². The summed E-state index contributed by atoms with van der Waals surface area (Å²) in [5.74, 6) is -2.06. The SMILES string of the molecule is CCN1CCCCC(NC(=O)c2cc3nnn(OC(=O)/C=C/C(=O)On4nnc5cc(C(=O)NC6CCCCN(CC)C6)c(OC)cc54)c3cc2OC)C1.O. The van der Waals surface area contributed by atoms with Crippen molar-refractivity contribution in [2.45, 2.75) is 64.5 Å². The molecule has 296 valence electrons. The monoisotopic (exact) mass is 764 g/mol. The van der Waals surface area contributed by atoms with Gasteiger partial charge < -0.3 is 45.1 Å². The number of rotatable bonds is 12. The summed E-state index contributed by atoms with van der Waals surface area (Å²) in [6.45, 7) is 9.59. The van der Waals surface area contributed by atoms with Crippen molar-refractivity contribution in [3.05, 3.63) is 47.5 Å². The number of likely N-dealkylation sites (tertiary alicyclic amines) is 2. The topological polar surface area (TPSA) is 229 Å². The number of amides is 2. The molecule has 55 heavy (non-hydrogen) atoms. The Morgan fingerprint density at radius 2 is 1.11 bits per heavy atom. The van der Waals surface area contributed by atoms with Gasteiger partial charge in [0.25, 0.3) is 11.8 Å². The minimum atomic E-state index is -0.968. The predicted octanol–water partition coefficient (Wildman–Crippen LogP) is 0.744. The Kier molecular flexibility index (Phi) is 13.7. The van der Waals surface area contributed by atoms with Crippen molar-refractivity contribution < 1.29 is 43.8 Å². The molecule has 4 heterocycles. The van der Waals surface area contributed by atoms with Crippen LogP contribution in [0.4, 0.5) is 0 Å². The van der Waals surface area contributed by atoms with E-state index in [0.29, 0.717) is 0 Å². The molecule has 2 saturated heterocycles. The molecule has 6 rings (SSSR count). The fraction of sp³-hybridized carbons (Fsp3) is 0.500. The number of ether oxygens (including phenoxy) is 2. The first-order valence-electron chi connectivity index (χ1n) is 18.3. The van der Waals surface area contributed by atoms with Gasteiger partial charge in [0.2, 0.25) is 0 Å². The van der Waals surface area contributed by atoms with Gasteiger partial charge in [-0.05, 0) is 74.4 Å². The predicted molar refractivity (Wildman–Crippen MR) is 199 cm³/mol. The molecule has 2 fully saturated rings. The lowest BCUT2D eigenvalue weighted by Gasteiger charge is -2.23. The van der Waals surface area contributed by atoms with Crippen molar-refractivity contribution in [2.24, 2.45) is 0 Å². The standard InChI is InChI=1S/C36H46N10O8.H2O/c1-5-43-15-9-7-11-23(21-43)37-35(49)25-17-27-29(19-31(25)51-3)45(41-39-27)53-33(47)13-14-34(48)54-46-30-20-32(52-4)26(18-28(30)40-42-46)36(50)38-24-12-8-10-16-44(6-2)22-24;/h13-14,17-20,23-24H,5-12,15-16,21-22H2,1-4H3,(H,37,49)(H,38,50);1H2/b14-13+;. The Morgan fingerprint density at radius 3 is 1.49 bits per heavy atom. The van der Waals surface area contributed by atoms with Crippen LogP contribution in [0.5, 0.6) is 11.5 Å². The van der Waals surface area contributed by atoms with Crippen LogP contribution < -0.4 is 29.8 Å². The molecule has 0 aliphatic carbocycles. The molecule has 2 aliphatic rings. The van der Waals surface area contributed by atoms with Crippen molar-refractivity contribution in [3.63, 3.8) is 0 Å².